The fraction of sp³-hybridized carbons (Fsp3) is 0.611. The SMILES string of the molecule is CN(C(=O)C(C)(C)C)c1ccc(OCC2CCCC2)cc1. The maximum Gasteiger partial charge on any atom is 0.232 e. The molecule has 0 aliphatic heterocycles. The van der Waals surface area contributed by atoms with E-state index in [2.05, 4.69) is 0 Å². The van der Waals surface area contributed by atoms with Gasteiger partial charge in [0.2, 0.25) is 5.91 Å². The van der Waals surface area contributed by atoms with E-state index in [1.807, 2.05) is 52.1 Å². The lowest BCUT2D eigenvalue weighted by Crippen LogP contribution is -2.36. The lowest BCUT2D eigenvalue weighted by atomic mass is 9.95. The van der Waals surface area contributed by atoms with Crippen LogP contribution >= 0.6 is 0 Å². The van der Waals surface area contributed by atoms with Gasteiger partial charge < -0.3 is 9.64 Å². The van der Waals surface area contributed by atoms with Gasteiger partial charge >= 0.3 is 0 Å². The van der Waals surface area contributed by atoms with Gasteiger partial charge in [-0.15, -0.1) is 0 Å². The van der Waals surface area contributed by atoms with Crippen LogP contribution in [0.4, 0.5) is 5.69 Å². The van der Waals surface area contributed by atoms with E-state index in [0.717, 1.165) is 24.0 Å². The quantitative estimate of drug-likeness (QED) is 0.828. The van der Waals surface area contributed by atoms with Crippen molar-refractivity contribution in [3.8, 4) is 5.75 Å². The lowest BCUT2D eigenvalue weighted by Gasteiger charge is -2.26. The van der Waals surface area contributed by atoms with Gasteiger partial charge in [-0.3, -0.25) is 4.79 Å². The van der Waals surface area contributed by atoms with E-state index in [0.29, 0.717) is 0 Å². The normalized spacial score (nSPS) is 16.0. The fourth-order valence-electron chi connectivity index (χ4n) is 2.78. The summed E-state index contributed by atoms with van der Waals surface area (Å²) in [6.07, 6.45) is 5.27. The Morgan fingerprint density at radius 3 is 2.29 bits per heavy atom. The number of carbonyl (C=O) groups is 1. The number of nitrogens with zero attached hydrogens (tertiary/aromatic N) is 1. The predicted octanol–water partition coefficient (Wildman–Crippen LogP) is 4.26. The van der Waals surface area contributed by atoms with Crippen molar-refractivity contribution in [1.29, 1.82) is 0 Å². The predicted molar refractivity (Wildman–Crippen MR) is 86.8 cm³/mol. The molecular formula is C18H27NO2. The average Bonchev–Trinajstić information content (AvgIpc) is 2.96. The Morgan fingerprint density at radius 1 is 1.19 bits per heavy atom. The van der Waals surface area contributed by atoms with Crippen molar-refractivity contribution in [2.45, 2.75) is 46.5 Å². The molecule has 116 valence electrons. The minimum absolute atomic E-state index is 0.113. The Kier molecular flexibility index (Phi) is 4.92. The van der Waals surface area contributed by atoms with Crippen LogP contribution in [0.15, 0.2) is 24.3 Å². The third-order valence-electron chi connectivity index (χ3n) is 4.13. The topological polar surface area (TPSA) is 29.5 Å². The number of anilines is 1. The summed E-state index contributed by atoms with van der Waals surface area (Å²) in [4.78, 5) is 14.0. The maximum atomic E-state index is 12.2. The molecule has 0 radical (unpaired) electrons. The molecule has 0 aromatic heterocycles. The molecule has 2 rings (SSSR count). The van der Waals surface area contributed by atoms with Crippen LogP contribution in [0.2, 0.25) is 0 Å². The number of hydrogen-bond acceptors (Lipinski definition) is 2. The molecule has 1 saturated carbocycles. The van der Waals surface area contributed by atoms with Crippen LogP contribution in [-0.4, -0.2) is 19.6 Å². The van der Waals surface area contributed by atoms with Gasteiger partial charge in [-0.2, -0.15) is 0 Å². The Morgan fingerprint density at radius 2 is 1.76 bits per heavy atom. The van der Waals surface area contributed by atoms with Crippen molar-refractivity contribution in [1.82, 2.24) is 0 Å². The van der Waals surface area contributed by atoms with Crippen molar-refractivity contribution in [3.63, 3.8) is 0 Å². The molecule has 0 unspecified atom stereocenters. The van der Waals surface area contributed by atoms with Crippen molar-refractivity contribution >= 4 is 11.6 Å². The molecule has 1 aliphatic carbocycles. The Labute approximate surface area is 128 Å². The highest BCUT2D eigenvalue weighted by Crippen LogP contribution is 2.27. The van der Waals surface area contributed by atoms with Gasteiger partial charge in [-0.1, -0.05) is 33.6 Å². The highest BCUT2D eigenvalue weighted by atomic mass is 16.5. The van der Waals surface area contributed by atoms with Crippen molar-refractivity contribution in [2.75, 3.05) is 18.6 Å². The minimum atomic E-state index is -0.369. The lowest BCUT2D eigenvalue weighted by molar-refractivity contribution is -0.125. The zero-order valence-corrected chi connectivity index (χ0v) is 13.7. The maximum absolute atomic E-state index is 12.2. The smallest absolute Gasteiger partial charge is 0.232 e. The highest BCUT2D eigenvalue weighted by molar-refractivity contribution is 5.96. The van der Waals surface area contributed by atoms with E-state index < -0.39 is 0 Å². The monoisotopic (exact) mass is 289 g/mol. The largest absolute Gasteiger partial charge is 0.493 e. The van der Waals surface area contributed by atoms with Crippen molar-refractivity contribution in [2.24, 2.45) is 11.3 Å². The molecule has 1 aliphatic rings. The summed E-state index contributed by atoms with van der Waals surface area (Å²) in [7, 11) is 1.82. The van der Waals surface area contributed by atoms with Crippen molar-refractivity contribution < 1.29 is 9.53 Å². The number of hydrogen-bond donors (Lipinski definition) is 0. The molecule has 21 heavy (non-hydrogen) atoms. The minimum Gasteiger partial charge on any atom is -0.493 e. The van der Waals surface area contributed by atoms with Crippen LogP contribution in [0.5, 0.6) is 5.75 Å². The second-order valence-corrected chi connectivity index (χ2v) is 7.07. The zero-order valence-electron chi connectivity index (χ0n) is 13.7. The molecule has 0 heterocycles. The first kappa shape index (κ1) is 15.9. The van der Waals surface area contributed by atoms with Gasteiger partial charge in [0.1, 0.15) is 5.75 Å². The number of carbonyl (C=O) groups excluding carboxylic acids is 1. The van der Waals surface area contributed by atoms with Crippen LogP contribution in [0.25, 0.3) is 0 Å². The number of amides is 1. The summed E-state index contributed by atoms with van der Waals surface area (Å²) in [5.41, 5.74) is 0.537. The Hall–Kier alpha value is -1.51. The van der Waals surface area contributed by atoms with Crippen LogP contribution in [-0.2, 0) is 4.79 Å². The third kappa shape index (κ3) is 4.23. The van der Waals surface area contributed by atoms with E-state index in [1.165, 1.54) is 25.7 Å². The average molecular weight is 289 g/mol. The molecular weight excluding hydrogens is 262 g/mol. The van der Waals surface area contributed by atoms with E-state index in [-0.39, 0.29) is 11.3 Å². The molecule has 1 aromatic rings. The molecule has 1 fully saturated rings. The van der Waals surface area contributed by atoms with Gasteiger partial charge in [0.25, 0.3) is 0 Å². The van der Waals surface area contributed by atoms with Crippen LogP contribution in [0.1, 0.15) is 46.5 Å². The van der Waals surface area contributed by atoms with Gasteiger partial charge in [0.05, 0.1) is 6.61 Å². The highest BCUT2D eigenvalue weighted by Gasteiger charge is 2.25. The van der Waals surface area contributed by atoms with Crippen LogP contribution in [0, 0.1) is 11.3 Å². The summed E-state index contributed by atoms with van der Waals surface area (Å²) >= 11 is 0. The van der Waals surface area contributed by atoms with Crippen LogP contribution in [0.3, 0.4) is 0 Å². The van der Waals surface area contributed by atoms with E-state index in [1.54, 1.807) is 4.90 Å². The standard InChI is InChI=1S/C18H27NO2/c1-18(2,3)17(20)19(4)15-9-11-16(12-10-15)21-13-14-7-5-6-8-14/h9-12,14H,5-8,13H2,1-4H3. The molecule has 1 amide bonds. The van der Waals surface area contributed by atoms with Gasteiger partial charge in [0.15, 0.2) is 0 Å². The summed E-state index contributed by atoms with van der Waals surface area (Å²) in [5.74, 6) is 1.72. The first-order valence-corrected chi connectivity index (χ1v) is 7.89. The van der Waals surface area contributed by atoms with Gasteiger partial charge in [-0.05, 0) is 43.0 Å². The number of rotatable bonds is 4. The number of benzene rings is 1. The first-order chi connectivity index (χ1) is 9.88. The molecule has 3 heteroatoms. The first-order valence-electron chi connectivity index (χ1n) is 7.89. The van der Waals surface area contributed by atoms with E-state index in [4.69, 9.17) is 4.74 Å². The molecule has 1 aromatic carbocycles. The third-order valence-corrected chi connectivity index (χ3v) is 4.13. The molecule has 3 nitrogen and oxygen atoms in total. The van der Waals surface area contributed by atoms with E-state index >= 15 is 0 Å². The van der Waals surface area contributed by atoms with E-state index in [9.17, 15) is 4.79 Å². The molecule has 0 atom stereocenters. The van der Waals surface area contributed by atoms with Crippen molar-refractivity contribution in [3.05, 3.63) is 24.3 Å². The molecule has 0 bridgehead atoms. The second kappa shape index (κ2) is 6.50. The summed E-state index contributed by atoms with van der Waals surface area (Å²) in [6, 6.07) is 7.81. The summed E-state index contributed by atoms with van der Waals surface area (Å²) < 4.78 is 5.85. The van der Waals surface area contributed by atoms with Gasteiger partial charge in [-0.25, -0.2) is 0 Å². The fourth-order valence-corrected chi connectivity index (χ4v) is 2.78. The number of ether oxygens (including phenoxy) is 1. The summed E-state index contributed by atoms with van der Waals surface area (Å²) in [5, 5.41) is 0. The Balaban J connectivity index is 1.93. The summed E-state index contributed by atoms with van der Waals surface area (Å²) in [6.45, 7) is 6.62. The van der Waals surface area contributed by atoms with Crippen LogP contribution < -0.4 is 9.64 Å². The zero-order chi connectivity index (χ0) is 15.5. The molecule has 0 saturated heterocycles. The molecule has 0 N–H and O–H groups in total. The Bertz CT molecular complexity index is 467. The molecule has 0 spiro atoms. The van der Waals surface area contributed by atoms with Gasteiger partial charge in [0, 0.05) is 18.2 Å². The second-order valence-electron chi connectivity index (χ2n) is 7.07.